The summed E-state index contributed by atoms with van der Waals surface area (Å²) < 4.78 is 15.6. The van der Waals surface area contributed by atoms with Crippen molar-refractivity contribution >= 4 is 29.0 Å². The van der Waals surface area contributed by atoms with Crippen molar-refractivity contribution in [3.8, 4) is 0 Å². The van der Waals surface area contributed by atoms with Crippen molar-refractivity contribution in [1.29, 1.82) is 0 Å². The Morgan fingerprint density at radius 3 is 2.61 bits per heavy atom. The highest BCUT2D eigenvalue weighted by atomic mass is 19.1. The van der Waals surface area contributed by atoms with Crippen LogP contribution in [0.1, 0.15) is 27.3 Å². The van der Waals surface area contributed by atoms with Gasteiger partial charge in [-0.2, -0.15) is 0 Å². The van der Waals surface area contributed by atoms with Gasteiger partial charge in [0.1, 0.15) is 11.6 Å². The Hall–Kier alpha value is -4.27. The summed E-state index contributed by atoms with van der Waals surface area (Å²) >= 11 is 0. The number of carbonyl (C=O) groups excluding carboxylic acids is 2. The zero-order valence-corrected chi connectivity index (χ0v) is 17.9. The molecule has 0 saturated carbocycles. The van der Waals surface area contributed by atoms with Crippen LogP contribution in [0.5, 0.6) is 0 Å². The minimum atomic E-state index is -0.524. The molecule has 2 aromatic carbocycles. The third-order valence-corrected chi connectivity index (χ3v) is 5.74. The van der Waals surface area contributed by atoms with Gasteiger partial charge in [-0.25, -0.2) is 9.18 Å². The largest absolute Gasteiger partial charge is 0.334 e. The lowest BCUT2D eigenvalue weighted by Crippen LogP contribution is -2.36. The second-order valence-electron chi connectivity index (χ2n) is 7.87. The first-order valence-corrected chi connectivity index (χ1v) is 10.5. The van der Waals surface area contributed by atoms with E-state index in [4.69, 9.17) is 0 Å². The number of fused-ring (bicyclic) bond motifs is 2. The summed E-state index contributed by atoms with van der Waals surface area (Å²) in [6.45, 7) is 2.78. The molecule has 0 saturated heterocycles. The van der Waals surface area contributed by atoms with E-state index >= 15 is 0 Å². The Bertz CT molecular complexity index is 1380. The first-order chi connectivity index (χ1) is 16.0. The number of amides is 3. The van der Waals surface area contributed by atoms with Crippen LogP contribution in [0.15, 0.2) is 60.8 Å². The molecule has 0 radical (unpaired) electrons. The Morgan fingerprint density at radius 2 is 1.76 bits per heavy atom. The average Bonchev–Trinajstić information content (AvgIpc) is 3.20. The van der Waals surface area contributed by atoms with Crippen LogP contribution in [0.3, 0.4) is 0 Å². The molecule has 0 spiro atoms. The van der Waals surface area contributed by atoms with Gasteiger partial charge in [-0.15, -0.1) is 10.2 Å². The number of aryl methyl sites for hydroxylation is 1. The van der Waals surface area contributed by atoms with Crippen molar-refractivity contribution in [2.45, 2.75) is 19.9 Å². The number of rotatable bonds is 3. The molecule has 8 nitrogen and oxygen atoms in total. The van der Waals surface area contributed by atoms with Crippen LogP contribution in [-0.2, 0) is 13.0 Å². The number of halogens is 1. The van der Waals surface area contributed by atoms with Gasteiger partial charge in [0.05, 0.1) is 11.3 Å². The molecule has 4 aromatic rings. The van der Waals surface area contributed by atoms with Gasteiger partial charge in [0.25, 0.3) is 5.91 Å². The van der Waals surface area contributed by atoms with Crippen LogP contribution < -0.4 is 10.6 Å². The van der Waals surface area contributed by atoms with Gasteiger partial charge >= 0.3 is 6.03 Å². The lowest BCUT2D eigenvalue weighted by molar-refractivity contribution is 0.0734. The zero-order valence-electron chi connectivity index (χ0n) is 17.9. The molecule has 166 valence electrons. The summed E-state index contributed by atoms with van der Waals surface area (Å²) in [6, 6.07) is 14.6. The molecule has 33 heavy (non-hydrogen) atoms. The highest BCUT2D eigenvalue weighted by molar-refractivity contribution is 6.00. The molecule has 1 aliphatic rings. The minimum absolute atomic E-state index is 0.0775. The summed E-state index contributed by atoms with van der Waals surface area (Å²) in [7, 11) is 0. The van der Waals surface area contributed by atoms with Crippen molar-refractivity contribution in [1.82, 2.24) is 19.5 Å². The van der Waals surface area contributed by atoms with Gasteiger partial charge in [0.15, 0.2) is 5.65 Å². The van der Waals surface area contributed by atoms with Crippen LogP contribution in [-0.4, -0.2) is 38.0 Å². The number of para-hydroxylation sites is 1. The standard InChI is InChI=1S/C24H21FN6O2/c1-15-28-29-22-10-9-17(14-31(15)22)23(32)30-12-11-18-16(13-30)5-4-8-20(18)26-24(33)27-21-7-3-2-6-19(21)25/h2-10,14H,11-13H2,1H3,(H2,26,27,33). The second-order valence-corrected chi connectivity index (χ2v) is 7.87. The van der Waals surface area contributed by atoms with Crippen molar-refractivity contribution in [3.05, 3.63) is 89.1 Å². The van der Waals surface area contributed by atoms with Crippen LogP contribution in [0.25, 0.3) is 5.65 Å². The summed E-state index contributed by atoms with van der Waals surface area (Å²) in [5, 5.41) is 13.4. The number of benzene rings is 2. The first kappa shape index (κ1) is 20.6. The highest BCUT2D eigenvalue weighted by Gasteiger charge is 2.24. The lowest BCUT2D eigenvalue weighted by atomic mass is 9.97. The molecule has 0 atom stereocenters. The van der Waals surface area contributed by atoms with Gasteiger partial charge in [-0.3, -0.25) is 9.20 Å². The SMILES string of the molecule is Cc1nnc2ccc(C(=O)N3CCc4c(cccc4NC(=O)Nc4ccccc4F)C3)cn12. The number of hydrogen-bond donors (Lipinski definition) is 2. The van der Waals surface area contributed by atoms with E-state index in [0.717, 1.165) is 11.1 Å². The van der Waals surface area contributed by atoms with Crippen LogP contribution in [0.4, 0.5) is 20.6 Å². The molecule has 0 unspecified atom stereocenters. The van der Waals surface area contributed by atoms with Crippen LogP contribution >= 0.6 is 0 Å². The van der Waals surface area contributed by atoms with Crippen LogP contribution in [0, 0.1) is 12.7 Å². The van der Waals surface area contributed by atoms with E-state index in [1.807, 2.05) is 19.1 Å². The summed E-state index contributed by atoms with van der Waals surface area (Å²) in [4.78, 5) is 27.3. The quantitative estimate of drug-likeness (QED) is 0.499. The average molecular weight is 444 g/mol. The number of urea groups is 1. The molecular weight excluding hydrogens is 423 g/mol. The Balaban J connectivity index is 1.32. The predicted octanol–water partition coefficient (Wildman–Crippen LogP) is 4.02. The van der Waals surface area contributed by atoms with E-state index in [9.17, 15) is 14.0 Å². The molecule has 0 aliphatic carbocycles. The second kappa shape index (κ2) is 8.34. The molecule has 0 bridgehead atoms. The molecule has 1 aliphatic heterocycles. The van der Waals surface area contributed by atoms with Crippen LogP contribution in [0.2, 0.25) is 0 Å². The van der Waals surface area contributed by atoms with E-state index in [-0.39, 0.29) is 11.6 Å². The normalized spacial score (nSPS) is 13.0. The summed E-state index contributed by atoms with van der Waals surface area (Å²) in [6.07, 6.45) is 2.35. The number of anilines is 2. The molecule has 2 N–H and O–H groups in total. The van der Waals surface area contributed by atoms with Crippen molar-refractivity contribution < 1.29 is 14.0 Å². The van der Waals surface area contributed by atoms with E-state index < -0.39 is 11.8 Å². The number of nitrogens with one attached hydrogen (secondary N) is 2. The number of carbonyl (C=O) groups is 2. The van der Waals surface area contributed by atoms with E-state index in [1.54, 1.807) is 45.8 Å². The number of nitrogens with zero attached hydrogens (tertiary/aromatic N) is 4. The summed E-state index contributed by atoms with van der Waals surface area (Å²) in [5.74, 6) is 0.135. The van der Waals surface area contributed by atoms with Gasteiger partial charge in [-0.1, -0.05) is 24.3 Å². The predicted molar refractivity (Wildman–Crippen MR) is 122 cm³/mol. The fourth-order valence-corrected chi connectivity index (χ4v) is 4.05. The molecular formula is C24H21FN6O2. The number of pyridine rings is 1. The van der Waals surface area contributed by atoms with Gasteiger partial charge < -0.3 is 15.5 Å². The molecule has 9 heteroatoms. The van der Waals surface area contributed by atoms with Gasteiger partial charge in [0.2, 0.25) is 0 Å². The lowest BCUT2D eigenvalue weighted by Gasteiger charge is -2.30. The molecule has 3 heterocycles. The molecule has 0 fully saturated rings. The number of hydrogen-bond acceptors (Lipinski definition) is 4. The maximum atomic E-state index is 13.8. The van der Waals surface area contributed by atoms with Crippen molar-refractivity contribution in [3.63, 3.8) is 0 Å². The van der Waals surface area contributed by atoms with Gasteiger partial charge in [0, 0.05) is 25.0 Å². The fraction of sp³-hybridized carbons (Fsp3) is 0.167. The van der Waals surface area contributed by atoms with Crippen molar-refractivity contribution in [2.24, 2.45) is 0 Å². The van der Waals surface area contributed by atoms with Crippen molar-refractivity contribution in [2.75, 3.05) is 17.2 Å². The first-order valence-electron chi connectivity index (χ1n) is 10.5. The highest BCUT2D eigenvalue weighted by Crippen LogP contribution is 2.27. The van der Waals surface area contributed by atoms with Gasteiger partial charge in [-0.05, 0) is 54.8 Å². The summed E-state index contributed by atoms with van der Waals surface area (Å²) in [5.41, 5.74) is 3.94. The molecule has 2 aromatic heterocycles. The van der Waals surface area contributed by atoms with E-state index in [2.05, 4.69) is 20.8 Å². The maximum absolute atomic E-state index is 13.8. The molecule has 3 amide bonds. The minimum Gasteiger partial charge on any atom is -0.334 e. The zero-order chi connectivity index (χ0) is 22.9. The Labute approximate surface area is 189 Å². The molecule has 5 rings (SSSR count). The monoisotopic (exact) mass is 444 g/mol. The Kier molecular flexibility index (Phi) is 5.21. The third-order valence-electron chi connectivity index (χ3n) is 5.74. The third kappa shape index (κ3) is 4.00. The topological polar surface area (TPSA) is 91.6 Å². The van der Waals surface area contributed by atoms with E-state index in [1.165, 1.54) is 12.1 Å². The smallest absolute Gasteiger partial charge is 0.323 e. The fourth-order valence-electron chi connectivity index (χ4n) is 4.05. The number of aromatic nitrogens is 3. The maximum Gasteiger partial charge on any atom is 0.323 e. The Morgan fingerprint density at radius 1 is 0.970 bits per heavy atom. The van der Waals surface area contributed by atoms with E-state index in [0.29, 0.717) is 42.2 Å².